The molecular weight excluding hydrogens is 392 g/mol. The zero-order chi connectivity index (χ0) is 20.4. The van der Waals surface area contributed by atoms with Crippen molar-refractivity contribution in [2.45, 2.75) is 37.9 Å². The molecule has 0 radical (unpaired) electrons. The van der Waals surface area contributed by atoms with Crippen LogP contribution in [-0.4, -0.2) is 59.5 Å². The van der Waals surface area contributed by atoms with Gasteiger partial charge in [0, 0.05) is 30.2 Å². The van der Waals surface area contributed by atoms with Gasteiger partial charge in [-0.1, -0.05) is 29.8 Å². The first kappa shape index (κ1) is 19.9. The fourth-order valence-electron chi connectivity index (χ4n) is 4.35. The minimum Gasteiger partial charge on any atom is -0.339 e. The van der Waals surface area contributed by atoms with E-state index in [1.807, 2.05) is 18.2 Å². The number of nitrogens with zero attached hydrogens (tertiary/aromatic N) is 2. The molecule has 0 aromatic heterocycles. The number of hydrogen-bond acceptors (Lipinski definition) is 4. The van der Waals surface area contributed by atoms with Crippen LogP contribution in [0.2, 0.25) is 5.02 Å². The summed E-state index contributed by atoms with van der Waals surface area (Å²) in [5, 5.41) is 6.73. The zero-order valence-corrected chi connectivity index (χ0v) is 16.9. The molecule has 0 bridgehead atoms. The highest BCUT2D eigenvalue weighted by Crippen LogP contribution is 2.27. The largest absolute Gasteiger partial charge is 0.339 e. The summed E-state index contributed by atoms with van der Waals surface area (Å²) in [6.07, 6.45) is 5.90. The fraction of sp³-hybridized carbons (Fsp3) is 0.476. The molecule has 7 nitrogen and oxygen atoms in total. The van der Waals surface area contributed by atoms with Gasteiger partial charge < -0.3 is 10.2 Å². The van der Waals surface area contributed by atoms with Gasteiger partial charge in [-0.05, 0) is 49.9 Å². The molecule has 0 aliphatic carbocycles. The molecule has 3 saturated heterocycles. The Labute approximate surface area is 175 Å². The van der Waals surface area contributed by atoms with E-state index in [9.17, 15) is 14.4 Å². The van der Waals surface area contributed by atoms with Crippen LogP contribution in [0.4, 0.5) is 4.79 Å². The number of carbonyl (C=O) groups excluding carboxylic acids is 3. The van der Waals surface area contributed by atoms with Gasteiger partial charge in [-0.15, -0.1) is 0 Å². The average Bonchev–Trinajstić information content (AvgIpc) is 2.73. The van der Waals surface area contributed by atoms with Crippen LogP contribution in [0.3, 0.4) is 0 Å². The van der Waals surface area contributed by atoms with Crippen LogP contribution in [0.25, 0.3) is 6.08 Å². The van der Waals surface area contributed by atoms with E-state index in [0.29, 0.717) is 31.0 Å². The van der Waals surface area contributed by atoms with E-state index >= 15 is 0 Å². The number of amides is 4. The Morgan fingerprint density at radius 2 is 1.90 bits per heavy atom. The lowest BCUT2D eigenvalue weighted by Crippen LogP contribution is -2.68. The lowest BCUT2D eigenvalue weighted by atomic mass is 9.91. The number of rotatable bonds is 3. The number of hydrogen-bond donors (Lipinski definition) is 2. The predicted octanol–water partition coefficient (Wildman–Crippen LogP) is 2.22. The van der Waals surface area contributed by atoms with Crippen molar-refractivity contribution < 1.29 is 14.4 Å². The van der Waals surface area contributed by atoms with E-state index in [4.69, 9.17) is 11.6 Å². The summed E-state index contributed by atoms with van der Waals surface area (Å²) in [5.74, 6) is -0.372. The molecule has 3 heterocycles. The third-order valence-electron chi connectivity index (χ3n) is 5.96. The Morgan fingerprint density at radius 1 is 1.14 bits per heavy atom. The highest BCUT2D eigenvalue weighted by Gasteiger charge is 2.45. The summed E-state index contributed by atoms with van der Waals surface area (Å²) >= 11 is 6.12. The average molecular weight is 417 g/mol. The van der Waals surface area contributed by atoms with Gasteiger partial charge in [0.05, 0.1) is 12.1 Å². The molecule has 2 atom stereocenters. The fourth-order valence-corrected chi connectivity index (χ4v) is 4.55. The maximum Gasteiger partial charge on any atom is 0.325 e. The normalized spacial score (nSPS) is 25.8. The Bertz CT molecular complexity index is 835. The number of halogens is 1. The first-order chi connectivity index (χ1) is 14.0. The number of piperidine rings is 2. The number of benzene rings is 1. The third-order valence-corrected chi connectivity index (χ3v) is 6.31. The standard InChI is InChI=1S/C21H25ClN4O3/c22-17-6-2-1-4-14(17)7-8-18(27)25-12-9-15(10-13-25)26-20(28)16-5-3-11-23-19(16)24-21(26)29/h1-2,4,6-8,15-16,19,23H,3,5,9-13H2,(H,24,29)/b8-7+. The summed E-state index contributed by atoms with van der Waals surface area (Å²) in [7, 11) is 0. The van der Waals surface area contributed by atoms with Gasteiger partial charge in [-0.3, -0.25) is 19.8 Å². The summed E-state index contributed by atoms with van der Waals surface area (Å²) in [6, 6.07) is 6.86. The van der Waals surface area contributed by atoms with Gasteiger partial charge in [0.25, 0.3) is 0 Å². The van der Waals surface area contributed by atoms with E-state index in [2.05, 4.69) is 10.6 Å². The quantitative estimate of drug-likeness (QED) is 0.740. The monoisotopic (exact) mass is 416 g/mol. The van der Waals surface area contributed by atoms with Gasteiger partial charge in [0.1, 0.15) is 0 Å². The predicted molar refractivity (Wildman–Crippen MR) is 110 cm³/mol. The number of likely N-dealkylation sites (tertiary alicyclic amines) is 1. The van der Waals surface area contributed by atoms with Crippen LogP contribution in [-0.2, 0) is 9.59 Å². The first-order valence-electron chi connectivity index (χ1n) is 10.1. The molecule has 3 fully saturated rings. The second-order valence-electron chi connectivity index (χ2n) is 7.75. The molecule has 4 rings (SSSR count). The smallest absolute Gasteiger partial charge is 0.325 e. The topological polar surface area (TPSA) is 81.8 Å². The van der Waals surface area contributed by atoms with Crippen molar-refractivity contribution in [2.24, 2.45) is 5.92 Å². The van der Waals surface area contributed by atoms with E-state index in [0.717, 1.165) is 24.9 Å². The molecule has 0 spiro atoms. The Balaban J connectivity index is 1.35. The van der Waals surface area contributed by atoms with Crippen molar-refractivity contribution in [1.29, 1.82) is 0 Å². The summed E-state index contributed by atoms with van der Waals surface area (Å²) in [5.41, 5.74) is 0.795. The van der Waals surface area contributed by atoms with Gasteiger partial charge in [-0.25, -0.2) is 4.79 Å². The van der Waals surface area contributed by atoms with E-state index in [1.165, 1.54) is 11.0 Å². The number of carbonyl (C=O) groups is 3. The highest BCUT2D eigenvalue weighted by atomic mass is 35.5. The molecule has 0 saturated carbocycles. The summed E-state index contributed by atoms with van der Waals surface area (Å²) < 4.78 is 0. The van der Waals surface area contributed by atoms with Crippen molar-refractivity contribution in [2.75, 3.05) is 19.6 Å². The van der Waals surface area contributed by atoms with Gasteiger partial charge in [-0.2, -0.15) is 0 Å². The molecule has 154 valence electrons. The van der Waals surface area contributed by atoms with Crippen LogP contribution in [0.1, 0.15) is 31.2 Å². The Kier molecular flexibility index (Phi) is 5.87. The Hall–Kier alpha value is -2.38. The van der Waals surface area contributed by atoms with E-state index in [-0.39, 0.29) is 36.0 Å². The second-order valence-corrected chi connectivity index (χ2v) is 8.16. The number of nitrogens with one attached hydrogen (secondary N) is 2. The third kappa shape index (κ3) is 4.16. The van der Waals surface area contributed by atoms with Crippen molar-refractivity contribution in [1.82, 2.24) is 20.4 Å². The molecule has 8 heteroatoms. The van der Waals surface area contributed by atoms with E-state index in [1.54, 1.807) is 17.0 Å². The zero-order valence-electron chi connectivity index (χ0n) is 16.1. The molecule has 3 aliphatic heterocycles. The van der Waals surface area contributed by atoms with Gasteiger partial charge in [0.2, 0.25) is 11.8 Å². The lowest BCUT2D eigenvalue weighted by molar-refractivity contribution is -0.140. The van der Waals surface area contributed by atoms with Crippen LogP contribution in [0.15, 0.2) is 30.3 Å². The molecule has 4 amide bonds. The highest BCUT2D eigenvalue weighted by molar-refractivity contribution is 6.32. The van der Waals surface area contributed by atoms with Crippen molar-refractivity contribution >= 4 is 35.5 Å². The Morgan fingerprint density at radius 3 is 2.66 bits per heavy atom. The van der Waals surface area contributed by atoms with Crippen LogP contribution in [0.5, 0.6) is 0 Å². The maximum atomic E-state index is 12.9. The van der Waals surface area contributed by atoms with Crippen molar-refractivity contribution in [3.63, 3.8) is 0 Å². The number of fused-ring (bicyclic) bond motifs is 1. The van der Waals surface area contributed by atoms with Crippen LogP contribution in [0, 0.1) is 5.92 Å². The minimum absolute atomic E-state index is 0.0886. The van der Waals surface area contributed by atoms with E-state index < -0.39 is 0 Å². The molecule has 29 heavy (non-hydrogen) atoms. The second kappa shape index (κ2) is 8.55. The lowest BCUT2D eigenvalue weighted by Gasteiger charge is -2.45. The van der Waals surface area contributed by atoms with Crippen molar-refractivity contribution in [3.05, 3.63) is 40.9 Å². The molecule has 2 unspecified atom stereocenters. The molecule has 1 aromatic rings. The number of imide groups is 1. The molecule has 2 N–H and O–H groups in total. The molecular formula is C21H25ClN4O3. The number of urea groups is 1. The molecule has 1 aromatic carbocycles. The minimum atomic E-state index is -0.325. The van der Waals surface area contributed by atoms with Gasteiger partial charge in [0.15, 0.2) is 0 Å². The van der Waals surface area contributed by atoms with Crippen molar-refractivity contribution in [3.8, 4) is 0 Å². The summed E-state index contributed by atoms with van der Waals surface area (Å²) in [4.78, 5) is 41.1. The SMILES string of the molecule is O=C(/C=C/c1ccccc1Cl)N1CCC(N2C(=O)NC3NCCCC3C2=O)CC1. The van der Waals surface area contributed by atoms with Crippen LogP contribution >= 0.6 is 11.6 Å². The van der Waals surface area contributed by atoms with Crippen LogP contribution < -0.4 is 10.6 Å². The summed E-state index contributed by atoms with van der Waals surface area (Å²) in [6.45, 7) is 1.84. The first-order valence-corrected chi connectivity index (χ1v) is 10.5. The maximum absolute atomic E-state index is 12.9. The van der Waals surface area contributed by atoms with Gasteiger partial charge >= 0.3 is 6.03 Å². The molecule has 3 aliphatic rings.